The van der Waals surface area contributed by atoms with Gasteiger partial charge < -0.3 is 10.6 Å². The highest BCUT2D eigenvalue weighted by atomic mass is 79.9. The largest absolute Gasteiger partial charge is 0.322 e. The molecule has 0 atom stereocenters. The highest BCUT2D eigenvalue weighted by molar-refractivity contribution is 9.11. The van der Waals surface area contributed by atoms with Crippen LogP contribution >= 0.6 is 31.9 Å². The molecule has 0 unspecified atom stereocenters. The number of amides is 2. The lowest BCUT2D eigenvalue weighted by Gasteiger charge is -2.14. The van der Waals surface area contributed by atoms with Gasteiger partial charge in [0.25, 0.3) is 17.5 Å². The van der Waals surface area contributed by atoms with Crippen molar-refractivity contribution >= 4 is 60.7 Å². The van der Waals surface area contributed by atoms with Crippen molar-refractivity contribution in [2.45, 2.75) is 0 Å². The van der Waals surface area contributed by atoms with Crippen molar-refractivity contribution in [3.8, 4) is 0 Å². The summed E-state index contributed by atoms with van der Waals surface area (Å²) in [5, 5.41) is 16.1. The van der Waals surface area contributed by atoms with E-state index in [1.165, 1.54) is 54.6 Å². The Morgan fingerprint density at radius 1 is 0.900 bits per heavy atom. The normalized spacial score (nSPS) is 10.4. The third-order valence-corrected chi connectivity index (χ3v) is 5.06. The van der Waals surface area contributed by atoms with Gasteiger partial charge >= 0.3 is 0 Å². The molecule has 0 fully saturated rings. The van der Waals surface area contributed by atoms with Gasteiger partial charge in [0.05, 0.1) is 16.2 Å². The Morgan fingerprint density at radius 2 is 1.53 bits per heavy atom. The van der Waals surface area contributed by atoms with Gasteiger partial charge in [0.15, 0.2) is 0 Å². The highest BCUT2D eigenvalue weighted by Crippen LogP contribution is 2.32. The maximum Gasteiger partial charge on any atom is 0.269 e. The summed E-state index contributed by atoms with van der Waals surface area (Å²) in [6.07, 6.45) is 0. The summed E-state index contributed by atoms with van der Waals surface area (Å²) in [4.78, 5) is 35.6. The molecule has 2 N–H and O–H groups in total. The zero-order valence-electron chi connectivity index (χ0n) is 15.0. The van der Waals surface area contributed by atoms with Crippen LogP contribution in [-0.4, -0.2) is 16.7 Å². The van der Waals surface area contributed by atoms with Crippen LogP contribution in [0.15, 0.2) is 69.6 Å². The first-order valence-electron chi connectivity index (χ1n) is 8.36. The molecule has 3 aromatic rings. The lowest BCUT2D eigenvalue weighted by Crippen LogP contribution is -2.19. The van der Waals surface area contributed by atoms with Gasteiger partial charge in [-0.25, -0.2) is 4.39 Å². The molecule has 10 heteroatoms. The topological polar surface area (TPSA) is 101 Å². The van der Waals surface area contributed by atoms with E-state index in [0.717, 1.165) is 0 Å². The molecule has 2 amide bonds. The van der Waals surface area contributed by atoms with Gasteiger partial charge in [0.2, 0.25) is 0 Å². The first-order chi connectivity index (χ1) is 14.2. The van der Waals surface area contributed by atoms with Gasteiger partial charge in [-0.15, -0.1) is 0 Å². The standard InChI is InChI=1S/C20H12Br2FN3O4/c21-12-9-16(20(28)24-14-5-3-13(23)4-6-14)18(17(22)10-12)25-19(27)11-1-7-15(8-2-11)26(29)30/h1-10H,(H,24,28)(H,25,27). The SMILES string of the molecule is O=C(Nc1c(Br)cc(Br)cc1C(=O)Nc1ccc(F)cc1)c1ccc([N+](=O)[O-])cc1. The Morgan fingerprint density at radius 3 is 2.13 bits per heavy atom. The predicted molar refractivity (Wildman–Crippen MR) is 117 cm³/mol. The molecule has 0 spiro atoms. The number of nitrogens with one attached hydrogen (secondary N) is 2. The molecule has 0 saturated heterocycles. The van der Waals surface area contributed by atoms with Crippen LogP contribution in [0.2, 0.25) is 0 Å². The van der Waals surface area contributed by atoms with Crippen LogP contribution in [-0.2, 0) is 0 Å². The molecule has 0 heterocycles. The maximum atomic E-state index is 13.1. The number of halogens is 3. The fourth-order valence-corrected chi connectivity index (χ4v) is 3.86. The number of carbonyl (C=O) groups is 2. The molecule has 0 radical (unpaired) electrons. The molecule has 0 aromatic heterocycles. The van der Waals surface area contributed by atoms with Crippen LogP contribution in [0.25, 0.3) is 0 Å². The number of carbonyl (C=O) groups excluding carboxylic acids is 2. The first-order valence-corrected chi connectivity index (χ1v) is 9.95. The monoisotopic (exact) mass is 535 g/mol. The fraction of sp³-hybridized carbons (Fsp3) is 0. The average Bonchev–Trinajstić information content (AvgIpc) is 2.71. The summed E-state index contributed by atoms with van der Waals surface area (Å²) in [7, 11) is 0. The molecular weight excluding hydrogens is 525 g/mol. The number of non-ortho nitro benzene ring substituents is 1. The second-order valence-corrected chi connectivity index (χ2v) is 7.80. The number of hydrogen-bond acceptors (Lipinski definition) is 4. The van der Waals surface area contributed by atoms with Gasteiger partial charge in [0.1, 0.15) is 5.82 Å². The maximum absolute atomic E-state index is 13.1. The van der Waals surface area contributed by atoms with E-state index >= 15 is 0 Å². The van der Waals surface area contributed by atoms with Crippen LogP contribution in [0.4, 0.5) is 21.5 Å². The lowest BCUT2D eigenvalue weighted by atomic mass is 10.1. The van der Waals surface area contributed by atoms with E-state index in [4.69, 9.17) is 0 Å². The van der Waals surface area contributed by atoms with Gasteiger partial charge in [-0.2, -0.15) is 0 Å². The van der Waals surface area contributed by atoms with Crippen LogP contribution in [0.3, 0.4) is 0 Å². The second kappa shape index (κ2) is 9.14. The summed E-state index contributed by atoms with van der Waals surface area (Å²) >= 11 is 6.64. The summed E-state index contributed by atoms with van der Waals surface area (Å²) in [5.74, 6) is -1.51. The predicted octanol–water partition coefficient (Wildman–Crippen LogP) is 5.76. The minimum atomic E-state index is -0.565. The number of benzene rings is 3. The number of anilines is 2. The van der Waals surface area contributed by atoms with E-state index in [0.29, 0.717) is 14.6 Å². The van der Waals surface area contributed by atoms with Crippen molar-refractivity contribution in [3.63, 3.8) is 0 Å². The fourth-order valence-electron chi connectivity index (χ4n) is 2.53. The molecule has 152 valence electrons. The van der Waals surface area contributed by atoms with Crippen LogP contribution in [0, 0.1) is 15.9 Å². The average molecular weight is 537 g/mol. The molecule has 3 rings (SSSR count). The van der Waals surface area contributed by atoms with E-state index < -0.39 is 22.6 Å². The molecule has 3 aromatic carbocycles. The number of nitro benzene ring substituents is 1. The Hall–Kier alpha value is -3.11. The van der Waals surface area contributed by atoms with E-state index in [-0.39, 0.29) is 22.5 Å². The number of rotatable bonds is 5. The number of hydrogen-bond donors (Lipinski definition) is 2. The smallest absolute Gasteiger partial charge is 0.269 e. The Balaban J connectivity index is 1.88. The number of nitro groups is 1. The second-order valence-electron chi connectivity index (χ2n) is 6.03. The van der Waals surface area contributed by atoms with Crippen molar-refractivity contribution in [2.24, 2.45) is 0 Å². The summed E-state index contributed by atoms with van der Waals surface area (Å²) in [6.45, 7) is 0. The molecule has 30 heavy (non-hydrogen) atoms. The van der Waals surface area contributed by atoms with Crippen molar-refractivity contribution in [3.05, 3.63) is 96.7 Å². The highest BCUT2D eigenvalue weighted by Gasteiger charge is 2.19. The van der Waals surface area contributed by atoms with Crippen molar-refractivity contribution in [1.82, 2.24) is 0 Å². The third-order valence-electron chi connectivity index (χ3n) is 3.98. The molecule has 0 aliphatic carbocycles. The Labute approximate surface area is 186 Å². The molecular formula is C20H12Br2FN3O4. The van der Waals surface area contributed by atoms with E-state index in [9.17, 15) is 24.1 Å². The molecule has 0 bridgehead atoms. The van der Waals surface area contributed by atoms with Gasteiger partial charge in [0, 0.05) is 32.3 Å². The van der Waals surface area contributed by atoms with Gasteiger partial charge in [-0.1, -0.05) is 15.9 Å². The van der Waals surface area contributed by atoms with Crippen LogP contribution in [0.1, 0.15) is 20.7 Å². The van der Waals surface area contributed by atoms with Gasteiger partial charge in [-0.3, -0.25) is 19.7 Å². The zero-order valence-corrected chi connectivity index (χ0v) is 18.2. The third kappa shape index (κ3) is 5.08. The quantitative estimate of drug-likeness (QED) is 0.319. The lowest BCUT2D eigenvalue weighted by molar-refractivity contribution is -0.384. The first kappa shape index (κ1) is 21.6. The van der Waals surface area contributed by atoms with Crippen molar-refractivity contribution in [2.75, 3.05) is 10.6 Å². The van der Waals surface area contributed by atoms with E-state index in [1.54, 1.807) is 6.07 Å². The van der Waals surface area contributed by atoms with Crippen molar-refractivity contribution in [1.29, 1.82) is 0 Å². The summed E-state index contributed by atoms with van der Waals surface area (Å²) in [5.41, 5.74) is 0.776. The zero-order chi connectivity index (χ0) is 21.8. The molecule has 0 saturated carbocycles. The number of nitrogens with zero attached hydrogens (tertiary/aromatic N) is 1. The summed E-state index contributed by atoms with van der Waals surface area (Å²) < 4.78 is 14.1. The molecule has 0 aliphatic heterocycles. The van der Waals surface area contributed by atoms with Gasteiger partial charge in [-0.05, 0) is 64.5 Å². The van der Waals surface area contributed by atoms with Crippen LogP contribution in [0.5, 0.6) is 0 Å². The minimum absolute atomic E-state index is 0.143. The molecule has 7 nitrogen and oxygen atoms in total. The van der Waals surface area contributed by atoms with Crippen LogP contribution < -0.4 is 10.6 Å². The van der Waals surface area contributed by atoms with E-state index in [1.807, 2.05) is 0 Å². The minimum Gasteiger partial charge on any atom is -0.322 e. The summed E-state index contributed by atoms with van der Waals surface area (Å²) in [6, 6.07) is 13.5. The van der Waals surface area contributed by atoms with E-state index in [2.05, 4.69) is 42.5 Å². The Bertz CT molecular complexity index is 1140. The van der Waals surface area contributed by atoms with Crippen molar-refractivity contribution < 1.29 is 18.9 Å². The Kier molecular flexibility index (Phi) is 6.58. The molecule has 0 aliphatic rings.